The van der Waals surface area contributed by atoms with Crippen LogP contribution in [0.2, 0.25) is 0 Å². The number of thioether (sulfide) groups is 1. The number of carbonyl (C=O) groups excluding carboxylic acids is 3. The first kappa shape index (κ1) is 31.5. The molecule has 11 heteroatoms. The Morgan fingerprint density at radius 3 is 2.25 bits per heavy atom. The van der Waals surface area contributed by atoms with E-state index in [9.17, 15) is 24.5 Å². The van der Waals surface area contributed by atoms with E-state index < -0.39 is 22.0 Å². The number of carbonyl (C=O) groups is 3. The molecule has 4 aromatic rings. The molecule has 1 atom stereocenters. The minimum atomic E-state index is -0.673. The van der Waals surface area contributed by atoms with Crippen molar-refractivity contribution < 1.29 is 24.0 Å². The average Bonchev–Trinajstić information content (AvgIpc) is 3.03. The number of rotatable bonds is 12. The molecule has 0 fully saturated rings. The molecule has 0 saturated heterocycles. The first-order valence-electron chi connectivity index (χ1n) is 13.7. The quantitative estimate of drug-likeness (QED) is 0.0718. The number of benzene rings is 4. The average molecular weight is 611 g/mol. The maximum Gasteiger partial charge on any atom is 0.276 e. The maximum absolute atomic E-state index is 13.3. The van der Waals surface area contributed by atoms with Gasteiger partial charge in [0.15, 0.2) is 0 Å². The summed E-state index contributed by atoms with van der Waals surface area (Å²) >= 11 is 1.34. The molecule has 4 rings (SSSR count). The van der Waals surface area contributed by atoms with E-state index in [4.69, 9.17) is 4.74 Å². The van der Waals surface area contributed by atoms with Crippen molar-refractivity contribution in [2.24, 2.45) is 0 Å². The Morgan fingerprint density at radius 1 is 0.886 bits per heavy atom. The van der Waals surface area contributed by atoms with Crippen LogP contribution in [-0.4, -0.2) is 34.5 Å². The number of para-hydroxylation sites is 3. The summed E-state index contributed by atoms with van der Waals surface area (Å²) in [7, 11) is 0. The molecule has 0 heterocycles. The Hall–Kier alpha value is -5.42. The van der Waals surface area contributed by atoms with Crippen molar-refractivity contribution in [3.05, 3.63) is 130 Å². The van der Waals surface area contributed by atoms with Gasteiger partial charge >= 0.3 is 0 Å². The predicted molar refractivity (Wildman–Crippen MR) is 172 cm³/mol. The molecule has 224 valence electrons. The van der Waals surface area contributed by atoms with Gasteiger partial charge in [0.05, 0.1) is 28.0 Å². The summed E-state index contributed by atoms with van der Waals surface area (Å²) in [6.07, 6.45) is 1.27. The number of amides is 3. The van der Waals surface area contributed by atoms with Crippen LogP contribution in [0.5, 0.6) is 5.75 Å². The summed E-state index contributed by atoms with van der Waals surface area (Å²) in [5.74, 6) is -0.823. The fourth-order valence-electron chi connectivity index (χ4n) is 4.03. The lowest BCUT2D eigenvalue weighted by atomic mass is 10.1. The standard InChI is InChI=1S/C33H30N4O6S/c1-3-43-30-16-10-8-14-27(30)35-31(38)22(2)44-26-19-17-25(18-20-26)34-33(40)28(36-32(39)23-11-5-4-6-12-23)21-24-13-7-9-15-29(24)37(41)42/h4-22H,3H2,1-2H3,(H,34,40)(H,35,38)(H,36,39)/b28-21-. The Balaban J connectivity index is 1.47. The zero-order valence-electron chi connectivity index (χ0n) is 24.0. The highest BCUT2D eigenvalue weighted by molar-refractivity contribution is 8.00. The summed E-state index contributed by atoms with van der Waals surface area (Å²) in [4.78, 5) is 50.8. The minimum Gasteiger partial charge on any atom is -0.492 e. The second-order valence-electron chi connectivity index (χ2n) is 9.35. The van der Waals surface area contributed by atoms with E-state index in [1.807, 2.05) is 19.1 Å². The van der Waals surface area contributed by atoms with Gasteiger partial charge in [0.25, 0.3) is 17.5 Å². The molecule has 0 bridgehead atoms. The van der Waals surface area contributed by atoms with E-state index in [-0.39, 0.29) is 22.9 Å². The zero-order valence-corrected chi connectivity index (χ0v) is 24.8. The lowest BCUT2D eigenvalue weighted by molar-refractivity contribution is -0.385. The molecule has 10 nitrogen and oxygen atoms in total. The number of anilines is 2. The van der Waals surface area contributed by atoms with Crippen molar-refractivity contribution in [1.82, 2.24) is 5.32 Å². The third-order valence-corrected chi connectivity index (χ3v) is 7.31. The van der Waals surface area contributed by atoms with Crippen LogP contribution >= 0.6 is 11.8 Å². The number of nitrogens with one attached hydrogen (secondary N) is 3. The highest BCUT2D eigenvalue weighted by Crippen LogP contribution is 2.28. The summed E-state index contributed by atoms with van der Waals surface area (Å²) in [5, 5.41) is 19.3. The number of hydrogen-bond donors (Lipinski definition) is 3. The van der Waals surface area contributed by atoms with Crippen molar-refractivity contribution in [2.75, 3.05) is 17.2 Å². The van der Waals surface area contributed by atoms with Crippen molar-refractivity contribution in [3.63, 3.8) is 0 Å². The van der Waals surface area contributed by atoms with Crippen LogP contribution in [0.15, 0.2) is 114 Å². The van der Waals surface area contributed by atoms with Crippen LogP contribution in [0.25, 0.3) is 6.08 Å². The van der Waals surface area contributed by atoms with E-state index in [1.165, 1.54) is 36.0 Å². The van der Waals surface area contributed by atoms with Crippen LogP contribution in [0.1, 0.15) is 29.8 Å². The third kappa shape index (κ3) is 8.55. The van der Waals surface area contributed by atoms with Gasteiger partial charge in [-0.1, -0.05) is 42.5 Å². The van der Waals surface area contributed by atoms with E-state index >= 15 is 0 Å². The molecule has 0 aliphatic rings. The van der Waals surface area contributed by atoms with Crippen molar-refractivity contribution in [3.8, 4) is 5.75 Å². The molecule has 4 aromatic carbocycles. The highest BCUT2D eigenvalue weighted by Gasteiger charge is 2.19. The second kappa shape index (κ2) is 15.2. The molecule has 3 N–H and O–H groups in total. The summed E-state index contributed by atoms with van der Waals surface area (Å²) in [5.41, 5.74) is 1.09. The molecule has 0 radical (unpaired) electrons. The highest BCUT2D eigenvalue weighted by atomic mass is 32.2. The molecule has 0 aliphatic heterocycles. The van der Waals surface area contributed by atoms with Crippen molar-refractivity contribution in [1.29, 1.82) is 0 Å². The SMILES string of the molecule is CCOc1ccccc1NC(=O)C(C)Sc1ccc(NC(=O)/C(=C/c2ccccc2[N+](=O)[O-])NC(=O)c2ccccc2)cc1. The van der Waals surface area contributed by atoms with Crippen molar-refractivity contribution in [2.45, 2.75) is 24.0 Å². The Morgan fingerprint density at radius 2 is 1.55 bits per heavy atom. The predicted octanol–water partition coefficient (Wildman–Crippen LogP) is 6.52. The Bertz CT molecular complexity index is 1680. The normalized spacial score (nSPS) is 11.6. The molecule has 1 unspecified atom stereocenters. The molecule has 3 amide bonds. The van der Waals surface area contributed by atoms with Crippen LogP contribution in [0.4, 0.5) is 17.1 Å². The van der Waals surface area contributed by atoms with Gasteiger partial charge < -0.3 is 20.7 Å². The number of nitro groups is 1. The number of hydrogen-bond acceptors (Lipinski definition) is 7. The van der Waals surface area contributed by atoms with Crippen LogP contribution in [-0.2, 0) is 9.59 Å². The topological polar surface area (TPSA) is 140 Å². The van der Waals surface area contributed by atoms with Crippen molar-refractivity contribution >= 4 is 52.6 Å². The van der Waals surface area contributed by atoms with Gasteiger partial charge in [0, 0.05) is 22.2 Å². The molecular formula is C33H30N4O6S. The van der Waals surface area contributed by atoms with Crippen LogP contribution in [0, 0.1) is 10.1 Å². The van der Waals surface area contributed by atoms with Crippen LogP contribution in [0.3, 0.4) is 0 Å². The molecular weight excluding hydrogens is 580 g/mol. The van der Waals surface area contributed by atoms with Gasteiger partial charge in [-0.25, -0.2) is 0 Å². The molecule has 0 aromatic heterocycles. The lowest BCUT2D eigenvalue weighted by Crippen LogP contribution is -2.30. The van der Waals surface area contributed by atoms with Crippen LogP contribution < -0.4 is 20.7 Å². The molecule has 0 spiro atoms. The smallest absolute Gasteiger partial charge is 0.276 e. The maximum atomic E-state index is 13.3. The van der Waals surface area contributed by atoms with Gasteiger partial charge in [0.1, 0.15) is 11.4 Å². The molecule has 44 heavy (non-hydrogen) atoms. The lowest BCUT2D eigenvalue weighted by Gasteiger charge is -2.15. The van der Waals surface area contributed by atoms with Gasteiger partial charge in [-0.2, -0.15) is 0 Å². The zero-order chi connectivity index (χ0) is 31.5. The fraction of sp³-hybridized carbons (Fsp3) is 0.121. The number of ether oxygens (including phenoxy) is 1. The molecule has 0 saturated carbocycles. The number of nitrogens with zero attached hydrogens (tertiary/aromatic N) is 1. The van der Waals surface area contributed by atoms with E-state index in [2.05, 4.69) is 16.0 Å². The second-order valence-corrected chi connectivity index (χ2v) is 10.8. The Kier molecular flexibility index (Phi) is 10.9. The van der Waals surface area contributed by atoms with E-state index in [0.717, 1.165) is 4.90 Å². The minimum absolute atomic E-state index is 0.152. The fourth-order valence-corrected chi connectivity index (χ4v) is 4.90. The summed E-state index contributed by atoms with van der Waals surface area (Å²) in [6.45, 7) is 4.13. The summed E-state index contributed by atoms with van der Waals surface area (Å²) in [6, 6.07) is 28.3. The van der Waals surface area contributed by atoms with E-state index in [0.29, 0.717) is 29.3 Å². The summed E-state index contributed by atoms with van der Waals surface area (Å²) < 4.78 is 5.58. The first-order chi connectivity index (χ1) is 21.2. The largest absolute Gasteiger partial charge is 0.492 e. The Labute approximate surface area is 258 Å². The monoisotopic (exact) mass is 610 g/mol. The van der Waals surface area contributed by atoms with Gasteiger partial charge in [-0.3, -0.25) is 24.5 Å². The first-order valence-corrected chi connectivity index (χ1v) is 14.6. The molecule has 0 aliphatic carbocycles. The third-order valence-electron chi connectivity index (χ3n) is 6.20. The van der Waals surface area contributed by atoms with E-state index in [1.54, 1.807) is 79.7 Å². The number of nitro benzene ring substituents is 1. The van der Waals surface area contributed by atoms with Gasteiger partial charge in [-0.15, -0.1) is 11.8 Å². The van der Waals surface area contributed by atoms with Gasteiger partial charge in [0.2, 0.25) is 5.91 Å². The van der Waals surface area contributed by atoms with Gasteiger partial charge in [-0.05, 0) is 74.5 Å².